The van der Waals surface area contributed by atoms with E-state index in [-0.39, 0.29) is 6.03 Å². The summed E-state index contributed by atoms with van der Waals surface area (Å²) in [5.41, 5.74) is 3.34. The van der Waals surface area contributed by atoms with E-state index in [2.05, 4.69) is 31.6 Å². The Hall–Kier alpha value is -2.29. The van der Waals surface area contributed by atoms with Gasteiger partial charge in [0.2, 0.25) is 0 Å². The molecule has 8 nitrogen and oxygen atoms in total. The number of nitrogens with one attached hydrogen (secondary N) is 1. The van der Waals surface area contributed by atoms with Crippen LogP contribution in [0.4, 0.5) is 16.3 Å². The molecule has 0 atom stereocenters. The van der Waals surface area contributed by atoms with Crippen LogP contribution in [0.15, 0.2) is 18.5 Å². The number of anilines is 2. The van der Waals surface area contributed by atoms with Gasteiger partial charge in [-0.25, -0.2) is 4.79 Å². The monoisotopic (exact) mass is 357 g/mol. The number of carbonyl (C=O) groups excluding carboxylic acids is 1. The third kappa shape index (κ3) is 2.62. The number of carbonyl (C=O) groups is 1. The summed E-state index contributed by atoms with van der Waals surface area (Å²) in [5, 5.41) is 16.1. The fraction of sp³-hybridized carbons (Fsp3) is 0.500. The zero-order valence-corrected chi connectivity index (χ0v) is 14.6. The standard InChI is InChI=1S/C16H19N7OS/c24-16-17-2-3-22(16)12-6-18-23(9-12)13-7-21(8-13)15-5-11-10-25-4-1-14(11)19-20-15/h5-6,9,13H,1-4,7-8,10H2,(H,17,24). The van der Waals surface area contributed by atoms with E-state index in [0.29, 0.717) is 19.1 Å². The van der Waals surface area contributed by atoms with E-state index in [1.807, 2.05) is 22.6 Å². The van der Waals surface area contributed by atoms with Gasteiger partial charge in [-0.1, -0.05) is 0 Å². The van der Waals surface area contributed by atoms with Gasteiger partial charge in [0.1, 0.15) is 0 Å². The smallest absolute Gasteiger partial charge is 0.322 e. The number of fused-ring (bicyclic) bond motifs is 1. The Balaban J connectivity index is 1.26. The van der Waals surface area contributed by atoms with E-state index in [1.165, 1.54) is 5.56 Å². The summed E-state index contributed by atoms with van der Waals surface area (Å²) in [7, 11) is 0. The predicted octanol–water partition coefficient (Wildman–Crippen LogP) is 1.05. The number of nitrogens with zero attached hydrogens (tertiary/aromatic N) is 6. The normalized spacial score (nSPS) is 20.4. The largest absolute Gasteiger partial charge is 0.351 e. The van der Waals surface area contributed by atoms with Crippen molar-refractivity contribution in [3.8, 4) is 0 Å². The molecule has 9 heteroatoms. The first-order valence-electron chi connectivity index (χ1n) is 8.55. The Morgan fingerprint density at radius 3 is 3.04 bits per heavy atom. The van der Waals surface area contributed by atoms with Crippen molar-refractivity contribution in [1.29, 1.82) is 0 Å². The highest BCUT2D eigenvalue weighted by Crippen LogP contribution is 2.30. The zero-order valence-electron chi connectivity index (χ0n) is 13.8. The SMILES string of the molecule is O=C1NCCN1c1cnn(C2CN(c3cc4c(nn3)CCSC4)C2)c1. The minimum absolute atomic E-state index is 0.0445. The van der Waals surface area contributed by atoms with Crippen LogP contribution in [0.1, 0.15) is 17.3 Å². The summed E-state index contributed by atoms with van der Waals surface area (Å²) in [4.78, 5) is 15.7. The highest BCUT2D eigenvalue weighted by molar-refractivity contribution is 7.98. The first kappa shape index (κ1) is 15.0. The van der Waals surface area contributed by atoms with Gasteiger partial charge in [-0.15, -0.1) is 5.10 Å². The highest BCUT2D eigenvalue weighted by atomic mass is 32.2. The number of amides is 2. The second-order valence-electron chi connectivity index (χ2n) is 6.60. The molecule has 0 bridgehead atoms. The fourth-order valence-corrected chi connectivity index (χ4v) is 4.43. The topological polar surface area (TPSA) is 79.2 Å². The van der Waals surface area contributed by atoms with Gasteiger partial charge in [-0.2, -0.15) is 22.0 Å². The number of urea groups is 1. The highest BCUT2D eigenvalue weighted by Gasteiger charge is 2.32. The van der Waals surface area contributed by atoms with Crippen LogP contribution in [0.25, 0.3) is 0 Å². The molecule has 1 N–H and O–H groups in total. The molecular weight excluding hydrogens is 338 g/mol. The summed E-state index contributed by atoms with van der Waals surface area (Å²) < 4.78 is 1.96. The van der Waals surface area contributed by atoms with Gasteiger partial charge in [0.25, 0.3) is 0 Å². The van der Waals surface area contributed by atoms with Gasteiger partial charge in [0.05, 0.1) is 23.6 Å². The maximum Gasteiger partial charge on any atom is 0.322 e. The molecule has 25 heavy (non-hydrogen) atoms. The van der Waals surface area contributed by atoms with Crippen molar-refractivity contribution < 1.29 is 4.79 Å². The Labute approximate surface area is 149 Å². The minimum atomic E-state index is -0.0445. The van der Waals surface area contributed by atoms with Crippen LogP contribution >= 0.6 is 11.8 Å². The van der Waals surface area contributed by atoms with E-state index in [1.54, 1.807) is 11.1 Å². The number of aryl methyl sites for hydroxylation is 1. The van der Waals surface area contributed by atoms with Crippen molar-refractivity contribution in [2.45, 2.75) is 18.2 Å². The van der Waals surface area contributed by atoms with Crippen molar-refractivity contribution in [3.63, 3.8) is 0 Å². The van der Waals surface area contributed by atoms with Crippen LogP contribution in [-0.2, 0) is 12.2 Å². The van der Waals surface area contributed by atoms with Crippen molar-refractivity contribution in [3.05, 3.63) is 29.7 Å². The Morgan fingerprint density at radius 2 is 2.20 bits per heavy atom. The summed E-state index contributed by atoms with van der Waals surface area (Å²) >= 11 is 1.96. The van der Waals surface area contributed by atoms with E-state index in [0.717, 1.165) is 48.2 Å². The quantitative estimate of drug-likeness (QED) is 0.885. The van der Waals surface area contributed by atoms with Crippen LogP contribution in [-0.4, -0.2) is 57.9 Å². The van der Waals surface area contributed by atoms with Gasteiger partial charge in [0, 0.05) is 44.5 Å². The fourth-order valence-electron chi connectivity index (χ4n) is 3.48. The van der Waals surface area contributed by atoms with Crippen molar-refractivity contribution in [2.24, 2.45) is 0 Å². The van der Waals surface area contributed by atoms with Crippen LogP contribution in [0.2, 0.25) is 0 Å². The second kappa shape index (κ2) is 5.91. The molecule has 2 fully saturated rings. The molecule has 2 amide bonds. The molecule has 5 rings (SSSR count). The van der Waals surface area contributed by atoms with Gasteiger partial charge in [-0.3, -0.25) is 9.58 Å². The average Bonchev–Trinajstić information content (AvgIpc) is 3.22. The predicted molar refractivity (Wildman–Crippen MR) is 96.1 cm³/mol. The Kier molecular flexibility index (Phi) is 3.54. The van der Waals surface area contributed by atoms with Crippen molar-refractivity contribution in [2.75, 3.05) is 41.7 Å². The number of hydrogen-bond acceptors (Lipinski definition) is 6. The lowest BCUT2D eigenvalue weighted by molar-refractivity contribution is 0.252. The van der Waals surface area contributed by atoms with E-state index >= 15 is 0 Å². The van der Waals surface area contributed by atoms with E-state index < -0.39 is 0 Å². The van der Waals surface area contributed by atoms with Crippen molar-refractivity contribution in [1.82, 2.24) is 25.3 Å². The molecule has 0 radical (unpaired) electrons. The number of rotatable bonds is 3. The first-order valence-corrected chi connectivity index (χ1v) is 9.71. The third-order valence-electron chi connectivity index (χ3n) is 5.00. The molecule has 2 aromatic rings. The second-order valence-corrected chi connectivity index (χ2v) is 7.70. The molecule has 130 valence electrons. The lowest BCUT2D eigenvalue weighted by Crippen LogP contribution is -2.48. The van der Waals surface area contributed by atoms with Gasteiger partial charge in [-0.05, 0) is 17.4 Å². The lowest BCUT2D eigenvalue weighted by atomic mass is 10.1. The molecule has 0 aromatic carbocycles. The third-order valence-corrected chi connectivity index (χ3v) is 6.01. The Bertz CT molecular complexity index is 817. The molecule has 0 aliphatic carbocycles. The summed E-state index contributed by atoms with van der Waals surface area (Å²) in [6.07, 6.45) is 4.75. The molecule has 2 aromatic heterocycles. The Morgan fingerprint density at radius 1 is 1.28 bits per heavy atom. The molecule has 3 aliphatic rings. The average molecular weight is 357 g/mol. The maximum absolute atomic E-state index is 11.7. The van der Waals surface area contributed by atoms with Gasteiger partial charge < -0.3 is 10.2 Å². The van der Waals surface area contributed by atoms with E-state index in [4.69, 9.17) is 0 Å². The summed E-state index contributed by atoms with van der Waals surface area (Å²) in [6.45, 7) is 3.13. The van der Waals surface area contributed by atoms with Crippen molar-refractivity contribution >= 4 is 29.3 Å². The first-order chi connectivity index (χ1) is 12.3. The molecule has 0 saturated carbocycles. The van der Waals surface area contributed by atoms with Crippen LogP contribution in [0.5, 0.6) is 0 Å². The minimum Gasteiger partial charge on any atom is -0.351 e. The molecule has 3 aliphatic heterocycles. The lowest BCUT2D eigenvalue weighted by Gasteiger charge is -2.40. The number of aromatic nitrogens is 4. The summed E-state index contributed by atoms with van der Waals surface area (Å²) in [6, 6.07) is 2.46. The van der Waals surface area contributed by atoms with E-state index in [9.17, 15) is 4.79 Å². The summed E-state index contributed by atoms with van der Waals surface area (Å²) in [5.74, 6) is 3.14. The van der Waals surface area contributed by atoms with Gasteiger partial charge in [0.15, 0.2) is 5.82 Å². The van der Waals surface area contributed by atoms with Crippen LogP contribution in [0, 0.1) is 0 Å². The van der Waals surface area contributed by atoms with Gasteiger partial charge >= 0.3 is 6.03 Å². The van der Waals surface area contributed by atoms with Crippen LogP contribution in [0.3, 0.4) is 0 Å². The molecule has 0 spiro atoms. The zero-order chi connectivity index (χ0) is 16.8. The molecule has 2 saturated heterocycles. The van der Waals surface area contributed by atoms with Crippen LogP contribution < -0.4 is 15.1 Å². The molecule has 5 heterocycles. The maximum atomic E-state index is 11.7. The molecular formula is C16H19N7OS. The number of hydrogen-bond donors (Lipinski definition) is 1. The molecule has 0 unspecified atom stereocenters. The number of thioether (sulfide) groups is 1.